The first-order valence-corrected chi connectivity index (χ1v) is 12.9. The van der Waals surface area contributed by atoms with Gasteiger partial charge in [-0.05, 0) is 60.5 Å². The minimum atomic E-state index is -0.162. The molecule has 1 aliphatic rings. The Hall–Kier alpha value is -5.11. The normalized spacial score (nSPS) is 14.9. The molecule has 190 valence electrons. The largest absolute Gasteiger partial charge is 0.469 e. The molecular weight excluding hydrogens is 484 g/mol. The molecule has 7 heteroatoms. The summed E-state index contributed by atoms with van der Waals surface area (Å²) in [6, 6.07) is 32.1. The number of rotatable bonds is 7. The standard InChI is InChI=1S/C32H26N6O/c33-17-22-11-9-21(10-12-22)13-14-35-31(23-5-2-1-3-6-23)30-20-36-29-15-25(19-37-32(29)39-30)28-16-26-24(18-34)7-4-8-27(26)38-28/h1-12,15-16,19,30-31,35-36,38H,13-14,20H2/t30-,31+/m0/s1. The highest BCUT2D eigenvalue weighted by Gasteiger charge is 2.29. The van der Waals surface area contributed by atoms with E-state index in [1.807, 2.05) is 72.8 Å². The van der Waals surface area contributed by atoms with Crippen LogP contribution >= 0.6 is 0 Å². The zero-order valence-corrected chi connectivity index (χ0v) is 21.2. The fourth-order valence-corrected chi connectivity index (χ4v) is 5.05. The maximum absolute atomic E-state index is 9.44. The molecule has 3 aromatic carbocycles. The topological polar surface area (TPSA) is 110 Å². The van der Waals surface area contributed by atoms with Crippen LogP contribution in [0.5, 0.6) is 5.88 Å². The van der Waals surface area contributed by atoms with E-state index < -0.39 is 0 Å². The molecule has 39 heavy (non-hydrogen) atoms. The summed E-state index contributed by atoms with van der Waals surface area (Å²) in [7, 11) is 0. The summed E-state index contributed by atoms with van der Waals surface area (Å²) in [5.41, 5.74) is 7.22. The second-order valence-electron chi connectivity index (χ2n) is 9.58. The van der Waals surface area contributed by atoms with Crippen molar-refractivity contribution in [3.05, 3.63) is 113 Å². The first kappa shape index (κ1) is 24.2. The van der Waals surface area contributed by atoms with Gasteiger partial charge in [0, 0.05) is 28.4 Å². The van der Waals surface area contributed by atoms with Crippen molar-refractivity contribution in [1.82, 2.24) is 15.3 Å². The number of aromatic amines is 1. The number of benzene rings is 3. The molecule has 3 heterocycles. The Bertz CT molecular complexity index is 1700. The molecule has 3 N–H and O–H groups in total. The fourth-order valence-electron chi connectivity index (χ4n) is 5.05. The van der Waals surface area contributed by atoms with Crippen molar-refractivity contribution in [1.29, 1.82) is 10.5 Å². The smallest absolute Gasteiger partial charge is 0.237 e. The quantitative estimate of drug-likeness (QED) is 0.258. The zero-order chi connectivity index (χ0) is 26.6. The maximum Gasteiger partial charge on any atom is 0.237 e. The average molecular weight is 511 g/mol. The Labute approximate surface area is 226 Å². The highest BCUT2D eigenvalue weighted by atomic mass is 16.5. The zero-order valence-electron chi connectivity index (χ0n) is 21.2. The third kappa shape index (κ3) is 5.04. The number of ether oxygens (including phenoxy) is 1. The maximum atomic E-state index is 9.44. The number of H-pyrrole nitrogens is 1. The molecule has 0 unspecified atom stereocenters. The van der Waals surface area contributed by atoms with E-state index in [1.165, 1.54) is 5.56 Å². The minimum absolute atomic E-state index is 0.0372. The van der Waals surface area contributed by atoms with Gasteiger partial charge in [-0.2, -0.15) is 10.5 Å². The van der Waals surface area contributed by atoms with Crippen LogP contribution in [-0.2, 0) is 6.42 Å². The fraction of sp³-hybridized carbons (Fsp3) is 0.156. The lowest BCUT2D eigenvalue weighted by Gasteiger charge is -2.33. The van der Waals surface area contributed by atoms with Crippen molar-refractivity contribution >= 4 is 16.6 Å². The van der Waals surface area contributed by atoms with E-state index >= 15 is 0 Å². The lowest BCUT2D eigenvalue weighted by atomic mass is 9.99. The van der Waals surface area contributed by atoms with Crippen molar-refractivity contribution in [2.45, 2.75) is 18.6 Å². The van der Waals surface area contributed by atoms with Crippen LogP contribution in [0.25, 0.3) is 22.2 Å². The van der Waals surface area contributed by atoms with Gasteiger partial charge in [-0.25, -0.2) is 4.98 Å². The summed E-state index contributed by atoms with van der Waals surface area (Å²) in [6.07, 6.45) is 2.48. The number of nitrogens with zero attached hydrogens (tertiary/aromatic N) is 3. The van der Waals surface area contributed by atoms with Gasteiger partial charge in [-0.3, -0.25) is 0 Å². The molecule has 0 spiro atoms. The molecule has 0 saturated carbocycles. The number of hydrogen-bond acceptors (Lipinski definition) is 6. The van der Waals surface area contributed by atoms with Gasteiger partial charge in [0.1, 0.15) is 6.10 Å². The van der Waals surface area contributed by atoms with Crippen LogP contribution in [0.4, 0.5) is 5.69 Å². The number of anilines is 1. The highest BCUT2D eigenvalue weighted by molar-refractivity contribution is 5.90. The molecule has 0 fully saturated rings. The lowest BCUT2D eigenvalue weighted by Crippen LogP contribution is -2.43. The van der Waals surface area contributed by atoms with Gasteiger partial charge in [0.05, 0.1) is 41.5 Å². The number of pyridine rings is 1. The third-order valence-electron chi connectivity index (χ3n) is 7.09. The summed E-state index contributed by atoms with van der Waals surface area (Å²) < 4.78 is 6.44. The summed E-state index contributed by atoms with van der Waals surface area (Å²) in [4.78, 5) is 8.05. The molecule has 7 nitrogen and oxygen atoms in total. The Kier molecular flexibility index (Phi) is 6.66. The third-order valence-corrected chi connectivity index (χ3v) is 7.09. The van der Waals surface area contributed by atoms with Crippen LogP contribution in [0.2, 0.25) is 0 Å². The van der Waals surface area contributed by atoms with Gasteiger partial charge in [0.2, 0.25) is 5.88 Å². The van der Waals surface area contributed by atoms with Gasteiger partial charge < -0.3 is 20.4 Å². The number of hydrogen-bond donors (Lipinski definition) is 3. The van der Waals surface area contributed by atoms with Crippen LogP contribution in [-0.4, -0.2) is 29.2 Å². The minimum Gasteiger partial charge on any atom is -0.469 e. The Morgan fingerprint density at radius 2 is 1.82 bits per heavy atom. The van der Waals surface area contributed by atoms with Gasteiger partial charge in [-0.1, -0.05) is 48.5 Å². The van der Waals surface area contributed by atoms with Gasteiger partial charge >= 0.3 is 0 Å². The molecule has 0 radical (unpaired) electrons. The molecule has 2 aromatic heterocycles. The van der Waals surface area contributed by atoms with Crippen molar-refractivity contribution < 1.29 is 4.74 Å². The summed E-state index contributed by atoms with van der Waals surface area (Å²) >= 11 is 0. The molecule has 5 aromatic rings. The molecule has 0 amide bonds. The number of aromatic nitrogens is 2. The van der Waals surface area contributed by atoms with E-state index in [9.17, 15) is 5.26 Å². The molecule has 0 aliphatic carbocycles. The van der Waals surface area contributed by atoms with E-state index in [0.29, 0.717) is 23.6 Å². The van der Waals surface area contributed by atoms with Crippen LogP contribution in [0.3, 0.4) is 0 Å². The predicted octanol–water partition coefficient (Wildman–Crippen LogP) is 5.72. The Balaban J connectivity index is 1.20. The number of nitrogens with one attached hydrogen (secondary N) is 3. The first-order chi connectivity index (χ1) is 19.2. The van der Waals surface area contributed by atoms with Crippen LogP contribution in [0.15, 0.2) is 91.1 Å². The molecule has 1 aliphatic heterocycles. The SMILES string of the molecule is N#Cc1ccc(CCN[C@H](c2ccccc2)[C@@H]2CNc3cc(-c4cc5c(C#N)cccc5[nH]4)cnc3O2)cc1. The summed E-state index contributed by atoms with van der Waals surface area (Å²) in [5.74, 6) is 0.568. The molecule has 2 atom stereocenters. The molecule has 0 bridgehead atoms. The van der Waals surface area contributed by atoms with Gasteiger partial charge in [0.15, 0.2) is 0 Å². The molecule has 6 rings (SSSR count). The van der Waals surface area contributed by atoms with Crippen LogP contribution < -0.4 is 15.4 Å². The highest BCUT2D eigenvalue weighted by Crippen LogP contribution is 2.35. The predicted molar refractivity (Wildman–Crippen MR) is 151 cm³/mol. The second-order valence-corrected chi connectivity index (χ2v) is 9.58. The van der Waals surface area contributed by atoms with Crippen molar-refractivity contribution in [2.24, 2.45) is 0 Å². The lowest BCUT2D eigenvalue weighted by molar-refractivity contribution is 0.150. The van der Waals surface area contributed by atoms with Crippen LogP contribution in [0.1, 0.15) is 28.3 Å². The van der Waals surface area contributed by atoms with E-state index in [2.05, 4.69) is 44.9 Å². The van der Waals surface area contributed by atoms with Gasteiger partial charge in [0.25, 0.3) is 0 Å². The van der Waals surface area contributed by atoms with E-state index in [4.69, 9.17) is 10.00 Å². The van der Waals surface area contributed by atoms with Crippen LogP contribution in [0, 0.1) is 22.7 Å². The van der Waals surface area contributed by atoms with Crippen molar-refractivity contribution in [3.63, 3.8) is 0 Å². The molecular formula is C32H26N6O. The Morgan fingerprint density at radius 3 is 2.62 bits per heavy atom. The number of fused-ring (bicyclic) bond motifs is 2. The summed E-state index contributed by atoms with van der Waals surface area (Å²) in [5, 5.41) is 26.6. The average Bonchev–Trinajstić information content (AvgIpc) is 3.44. The monoisotopic (exact) mass is 510 g/mol. The number of nitriles is 2. The van der Waals surface area contributed by atoms with Gasteiger partial charge in [-0.15, -0.1) is 0 Å². The van der Waals surface area contributed by atoms with E-state index in [0.717, 1.165) is 46.4 Å². The van der Waals surface area contributed by atoms with Crippen molar-refractivity contribution in [2.75, 3.05) is 18.4 Å². The summed E-state index contributed by atoms with van der Waals surface area (Å²) in [6.45, 7) is 1.38. The van der Waals surface area contributed by atoms with E-state index in [-0.39, 0.29) is 12.1 Å². The second kappa shape index (κ2) is 10.7. The van der Waals surface area contributed by atoms with Crippen molar-refractivity contribution in [3.8, 4) is 29.3 Å². The molecule has 0 saturated heterocycles. The Morgan fingerprint density at radius 1 is 0.974 bits per heavy atom. The first-order valence-electron chi connectivity index (χ1n) is 12.9. The van der Waals surface area contributed by atoms with E-state index in [1.54, 1.807) is 6.20 Å².